The van der Waals surface area contributed by atoms with Crippen molar-refractivity contribution in [3.05, 3.63) is 30.0 Å². The molecule has 0 aliphatic carbocycles. The fourth-order valence-corrected chi connectivity index (χ4v) is 2.88. The summed E-state index contributed by atoms with van der Waals surface area (Å²) < 4.78 is 11.3. The van der Waals surface area contributed by atoms with E-state index in [1.807, 2.05) is 38.5 Å². The molecule has 2 N–H and O–H groups in total. The van der Waals surface area contributed by atoms with Gasteiger partial charge >= 0.3 is 11.9 Å². The van der Waals surface area contributed by atoms with E-state index >= 15 is 0 Å². The van der Waals surface area contributed by atoms with E-state index < -0.39 is 23.5 Å². The molecule has 0 saturated carbocycles. The largest absolute Gasteiger partial charge is 0.492 e. The molecule has 0 spiro atoms. The Kier molecular flexibility index (Phi) is 7.07. The summed E-state index contributed by atoms with van der Waals surface area (Å²) in [5, 5.41) is 10.1. The summed E-state index contributed by atoms with van der Waals surface area (Å²) in [6, 6.07) is 5.66. The number of nitrogens with one attached hydrogen (secondary N) is 1. The number of esters is 1. The molecule has 0 aliphatic heterocycles. The normalized spacial score (nSPS) is 12.9. The van der Waals surface area contributed by atoms with E-state index in [9.17, 15) is 9.59 Å². The van der Waals surface area contributed by atoms with E-state index in [1.54, 1.807) is 20.8 Å². The van der Waals surface area contributed by atoms with Crippen LogP contribution in [0.3, 0.4) is 0 Å². The van der Waals surface area contributed by atoms with Crippen LogP contribution in [0.25, 0.3) is 10.9 Å². The molecule has 7 nitrogen and oxygen atoms in total. The van der Waals surface area contributed by atoms with Crippen molar-refractivity contribution in [2.75, 3.05) is 27.2 Å². The number of carboxylic acids is 1. The Hall–Kier alpha value is -2.54. The minimum Gasteiger partial charge on any atom is -0.492 e. The van der Waals surface area contributed by atoms with Crippen LogP contribution < -0.4 is 4.74 Å². The predicted molar refractivity (Wildman–Crippen MR) is 108 cm³/mol. The lowest BCUT2D eigenvalue weighted by Crippen LogP contribution is -2.33. The van der Waals surface area contributed by atoms with Crippen molar-refractivity contribution in [1.29, 1.82) is 0 Å². The molecular weight excluding hydrogens is 360 g/mol. The van der Waals surface area contributed by atoms with Gasteiger partial charge in [0, 0.05) is 23.6 Å². The Morgan fingerprint density at radius 3 is 2.57 bits per heavy atom. The molecular formula is C21H30N2O5. The molecule has 1 heterocycles. The van der Waals surface area contributed by atoms with Gasteiger partial charge in [-0.25, -0.2) is 0 Å². The van der Waals surface area contributed by atoms with Crippen LogP contribution in [0.1, 0.15) is 32.8 Å². The zero-order chi connectivity index (χ0) is 20.9. The third-order valence-corrected chi connectivity index (χ3v) is 4.18. The number of aliphatic carboxylic acids is 1. The van der Waals surface area contributed by atoms with Crippen LogP contribution in [0.15, 0.2) is 24.4 Å². The second-order valence-electron chi connectivity index (χ2n) is 8.19. The van der Waals surface area contributed by atoms with Crippen molar-refractivity contribution in [2.45, 2.75) is 39.2 Å². The molecule has 2 rings (SSSR count). The number of carboxylic acid groups (broad SMARTS) is 1. The number of aromatic nitrogens is 1. The maximum atomic E-state index is 12.4. The number of hydrogen-bond donors (Lipinski definition) is 2. The summed E-state index contributed by atoms with van der Waals surface area (Å²) in [5.41, 5.74) is 1.37. The SMILES string of the molecule is CN(C)CCc1c[nH]c2cccc(OCC(CC(=O)O)C(=O)OC(C)(C)C)c12. The first-order valence-electron chi connectivity index (χ1n) is 9.38. The second-order valence-corrected chi connectivity index (χ2v) is 8.19. The maximum absolute atomic E-state index is 12.4. The van der Waals surface area contributed by atoms with Gasteiger partial charge in [0.15, 0.2) is 0 Å². The Labute approximate surface area is 165 Å². The lowest BCUT2D eigenvalue weighted by Gasteiger charge is -2.23. The summed E-state index contributed by atoms with van der Waals surface area (Å²) in [6.07, 6.45) is 2.47. The van der Waals surface area contributed by atoms with Gasteiger partial charge in [0.1, 0.15) is 23.9 Å². The number of carbonyl (C=O) groups is 2. The van der Waals surface area contributed by atoms with Crippen molar-refractivity contribution in [2.24, 2.45) is 5.92 Å². The lowest BCUT2D eigenvalue weighted by molar-refractivity contribution is -0.164. The average Bonchev–Trinajstić information content (AvgIpc) is 2.98. The minimum atomic E-state index is -1.06. The topological polar surface area (TPSA) is 91.9 Å². The van der Waals surface area contributed by atoms with E-state index in [2.05, 4.69) is 9.88 Å². The first-order chi connectivity index (χ1) is 13.1. The van der Waals surface area contributed by atoms with Crippen LogP contribution in [0, 0.1) is 5.92 Å². The Bertz CT molecular complexity index is 820. The van der Waals surface area contributed by atoms with Crippen LogP contribution >= 0.6 is 0 Å². The number of H-pyrrole nitrogens is 1. The molecule has 0 aliphatic rings. The lowest BCUT2D eigenvalue weighted by atomic mass is 10.1. The number of hydrogen-bond acceptors (Lipinski definition) is 5. The molecule has 1 atom stereocenters. The fourth-order valence-electron chi connectivity index (χ4n) is 2.88. The molecule has 7 heteroatoms. The summed E-state index contributed by atoms with van der Waals surface area (Å²) in [4.78, 5) is 28.9. The molecule has 0 amide bonds. The van der Waals surface area contributed by atoms with E-state index in [0.29, 0.717) is 5.75 Å². The maximum Gasteiger partial charge on any atom is 0.313 e. The highest BCUT2D eigenvalue weighted by molar-refractivity contribution is 5.89. The standard InChI is InChI=1S/C21H30N2O5/c1-21(2,3)28-20(26)15(11-18(24)25)13-27-17-8-6-7-16-19(17)14(12-22-16)9-10-23(4)5/h6-8,12,15,22H,9-11,13H2,1-5H3,(H,24,25). The molecule has 2 aromatic rings. The molecule has 1 unspecified atom stereocenters. The number of carbonyl (C=O) groups excluding carboxylic acids is 1. The zero-order valence-electron chi connectivity index (χ0n) is 17.2. The number of ether oxygens (including phenoxy) is 2. The first kappa shape index (κ1) is 21.8. The number of nitrogens with zero attached hydrogens (tertiary/aromatic N) is 1. The molecule has 1 aromatic heterocycles. The molecule has 1 aromatic carbocycles. The third-order valence-electron chi connectivity index (χ3n) is 4.18. The number of likely N-dealkylation sites (N-methyl/N-ethyl adjacent to an activating group) is 1. The van der Waals surface area contributed by atoms with Crippen molar-refractivity contribution >= 4 is 22.8 Å². The van der Waals surface area contributed by atoms with Crippen LogP contribution in [0.2, 0.25) is 0 Å². The van der Waals surface area contributed by atoms with Gasteiger partial charge in [-0.3, -0.25) is 9.59 Å². The zero-order valence-corrected chi connectivity index (χ0v) is 17.2. The molecule has 0 bridgehead atoms. The highest BCUT2D eigenvalue weighted by Crippen LogP contribution is 2.30. The smallest absolute Gasteiger partial charge is 0.313 e. The van der Waals surface area contributed by atoms with Crippen LogP contribution in [-0.4, -0.2) is 59.8 Å². The van der Waals surface area contributed by atoms with E-state index in [0.717, 1.165) is 29.4 Å². The summed E-state index contributed by atoms with van der Waals surface area (Å²) in [6.45, 7) is 6.09. The van der Waals surface area contributed by atoms with Crippen LogP contribution in [-0.2, 0) is 20.7 Å². The quantitative estimate of drug-likeness (QED) is 0.640. The van der Waals surface area contributed by atoms with E-state index in [4.69, 9.17) is 14.6 Å². The Morgan fingerprint density at radius 2 is 1.96 bits per heavy atom. The van der Waals surface area contributed by atoms with Crippen molar-refractivity contribution < 1.29 is 24.2 Å². The average molecular weight is 390 g/mol. The highest BCUT2D eigenvalue weighted by atomic mass is 16.6. The molecule has 0 radical (unpaired) electrons. The predicted octanol–water partition coefficient (Wildman–Crippen LogP) is 3.08. The van der Waals surface area contributed by atoms with Crippen molar-refractivity contribution in [3.8, 4) is 5.75 Å². The van der Waals surface area contributed by atoms with Gasteiger partial charge in [-0.2, -0.15) is 0 Å². The van der Waals surface area contributed by atoms with Gasteiger partial charge in [-0.15, -0.1) is 0 Å². The second kappa shape index (κ2) is 9.10. The molecule has 28 heavy (non-hydrogen) atoms. The van der Waals surface area contributed by atoms with Gasteiger partial charge in [-0.05, 0) is 59.0 Å². The van der Waals surface area contributed by atoms with Gasteiger partial charge < -0.3 is 24.5 Å². The van der Waals surface area contributed by atoms with E-state index in [-0.39, 0.29) is 13.0 Å². The Morgan fingerprint density at radius 1 is 1.25 bits per heavy atom. The number of rotatable bonds is 9. The fraction of sp³-hybridized carbons (Fsp3) is 0.524. The van der Waals surface area contributed by atoms with Crippen molar-refractivity contribution in [3.63, 3.8) is 0 Å². The van der Waals surface area contributed by atoms with E-state index in [1.165, 1.54) is 0 Å². The van der Waals surface area contributed by atoms with Gasteiger partial charge in [-0.1, -0.05) is 6.07 Å². The number of fused-ring (bicyclic) bond motifs is 1. The molecule has 0 fully saturated rings. The number of aromatic amines is 1. The molecule has 154 valence electrons. The summed E-state index contributed by atoms with van der Waals surface area (Å²) in [7, 11) is 4.03. The molecule has 0 saturated heterocycles. The number of benzene rings is 1. The summed E-state index contributed by atoms with van der Waals surface area (Å²) in [5.74, 6) is -1.88. The first-order valence-corrected chi connectivity index (χ1v) is 9.38. The van der Waals surface area contributed by atoms with Crippen LogP contribution in [0.4, 0.5) is 0 Å². The highest BCUT2D eigenvalue weighted by Gasteiger charge is 2.28. The third kappa shape index (κ3) is 6.27. The minimum absolute atomic E-state index is 0.0569. The monoisotopic (exact) mass is 390 g/mol. The van der Waals surface area contributed by atoms with Gasteiger partial charge in [0.05, 0.1) is 6.42 Å². The van der Waals surface area contributed by atoms with Crippen LogP contribution in [0.5, 0.6) is 5.75 Å². The van der Waals surface area contributed by atoms with Gasteiger partial charge in [0.2, 0.25) is 0 Å². The van der Waals surface area contributed by atoms with Gasteiger partial charge in [0.25, 0.3) is 0 Å². The van der Waals surface area contributed by atoms with Crippen molar-refractivity contribution in [1.82, 2.24) is 9.88 Å². The Balaban J connectivity index is 2.20. The summed E-state index contributed by atoms with van der Waals surface area (Å²) >= 11 is 0.